The van der Waals surface area contributed by atoms with Gasteiger partial charge in [-0.3, -0.25) is 18.9 Å². The smallest absolute Gasteiger partial charge is 0.325 e. The van der Waals surface area contributed by atoms with Gasteiger partial charge in [-0.1, -0.05) is 6.07 Å². The van der Waals surface area contributed by atoms with Crippen LogP contribution in [0.25, 0.3) is 5.65 Å². The number of furan rings is 1. The number of hydrogen-bond donors (Lipinski definition) is 2. The van der Waals surface area contributed by atoms with E-state index >= 15 is 0 Å². The molecule has 3 aromatic rings. The lowest BCUT2D eigenvalue weighted by Gasteiger charge is -2.14. The van der Waals surface area contributed by atoms with Crippen LogP contribution in [0.3, 0.4) is 0 Å². The Bertz CT molecular complexity index is 1040. The lowest BCUT2D eigenvalue weighted by atomic mass is 10.1. The molecular formula is C19H20N6O4. The fourth-order valence-electron chi connectivity index (χ4n) is 3.29. The Balaban J connectivity index is 1.31. The van der Waals surface area contributed by atoms with Crippen LogP contribution in [0.5, 0.6) is 0 Å². The van der Waals surface area contributed by atoms with E-state index in [2.05, 4.69) is 20.8 Å². The van der Waals surface area contributed by atoms with Crippen LogP contribution in [0.15, 0.2) is 47.2 Å². The molecule has 0 unspecified atom stereocenters. The SMILES string of the molecule is C[C@@H](NC(=O)CC[C@H]1NC(=O)N(Cc2ccco2)C1=O)c1nnc2ccccn12. The van der Waals surface area contributed by atoms with Crippen molar-refractivity contribution in [3.8, 4) is 0 Å². The molecule has 0 bridgehead atoms. The van der Waals surface area contributed by atoms with Crippen molar-refractivity contribution in [2.75, 3.05) is 0 Å². The van der Waals surface area contributed by atoms with Gasteiger partial charge in [-0.15, -0.1) is 10.2 Å². The molecule has 10 heteroatoms. The lowest BCUT2D eigenvalue weighted by Crippen LogP contribution is -2.33. The van der Waals surface area contributed by atoms with E-state index in [0.29, 0.717) is 17.2 Å². The van der Waals surface area contributed by atoms with E-state index in [1.165, 1.54) is 6.26 Å². The summed E-state index contributed by atoms with van der Waals surface area (Å²) in [5, 5.41) is 13.7. The van der Waals surface area contributed by atoms with E-state index in [0.717, 1.165) is 4.90 Å². The zero-order valence-corrected chi connectivity index (χ0v) is 15.7. The van der Waals surface area contributed by atoms with E-state index < -0.39 is 12.1 Å². The minimum atomic E-state index is -0.729. The van der Waals surface area contributed by atoms with Crippen LogP contribution < -0.4 is 10.6 Å². The minimum Gasteiger partial charge on any atom is -0.467 e. The third kappa shape index (κ3) is 3.82. The normalized spacial score (nSPS) is 17.6. The van der Waals surface area contributed by atoms with Gasteiger partial charge in [-0.05, 0) is 37.6 Å². The van der Waals surface area contributed by atoms with E-state index in [1.54, 1.807) is 16.5 Å². The first-order valence-corrected chi connectivity index (χ1v) is 9.26. The summed E-state index contributed by atoms with van der Waals surface area (Å²) < 4.78 is 6.99. The maximum atomic E-state index is 12.5. The molecule has 4 amide bonds. The van der Waals surface area contributed by atoms with Gasteiger partial charge < -0.3 is 15.1 Å². The number of rotatable bonds is 7. The van der Waals surface area contributed by atoms with Crippen LogP contribution in [0.4, 0.5) is 4.79 Å². The number of aromatic nitrogens is 3. The molecule has 0 aliphatic carbocycles. The largest absolute Gasteiger partial charge is 0.467 e. The summed E-state index contributed by atoms with van der Waals surface area (Å²) in [6, 6.07) is 7.35. The molecule has 0 radical (unpaired) electrons. The van der Waals surface area contributed by atoms with Gasteiger partial charge in [-0.2, -0.15) is 0 Å². The molecule has 2 N–H and O–H groups in total. The van der Waals surface area contributed by atoms with Gasteiger partial charge in [0.15, 0.2) is 11.5 Å². The third-order valence-corrected chi connectivity index (χ3v) is 4.77. The number of urea groups is 1. The third-order valence-electron chi connectivity index (χ3n) is 4.77. The highest BCUT2D eigenvalue weighted by molar-refractivity contribution is 6.04. The summed E-state index contributed by atoms with van der Waals surface area (Å²) in [6.07, 6.45) is 3.60. The Morgan fingerprint density at radius 2 is 2.14 bits per heavy atom. The number of nitrogens with one attached hydrogen (secondary N) is 2. The van der Waals surface area contributed by atoms with Gasteiger partial charge in [0.25, 0.3) is 5.91 Å². The lowest BCUT2D eigenvalue weighted by molar-refractivity contribution is -0.128. The first kappa shape index (κ1) is 18.7. The highest BCUT2D eigenvalue weighted by Gasteiger charge is 2.38. The van der Waals surface area contributed by atoms with Crippen molar-refractivity contribution in [3.63, 3.8) is 0 Å². The molecule has 2 atom stereocenters. The van der Waals surface area contributed by atoms with Crippen molar-refractivity contribution in [2.45, 2.75) is 38.4 Å². The van der Waals surface area contributed by atoms with Crippen molar-refractivity contribution in [1.29, 1.82) is 0 Å². The van der Waals surface area contributed by atoms with E-state index in [-0.39, 0.29) is 37.2 Å². The number of fused-ring (bicyclic) bond motifs is 1. The molecule has 10 nitrogen and oxygen atoms in total. The van der Waals surface area contributed by atoms with E-state index in [9.17, 15) is 14.4 Å². The van der Waals surface area contributed by atoms with Crippen LogP contribution in [0, 0.1) is 0 Å². The molecule has 0 spiro atoms. The van der Waals surface area contributed by atoms with Crippen LogP contribution in [-0.2, 0) is 16.1 Å². The Morgan fingerprint density at radius 1 is 1.28 bits per heavy atom. The summed E-state index contributed by atoms with van der Waals surface area (Å²) >= 11 is 0. The molecule has 3 aromatic heterocycles. The molecule has 1 aliphatic rings. The van der Waals surface area contributed by atoms with E-state index in [1.807, 2.05) is 31.3 Å². The summed E-state index contributed by atoms with van der Waals surface area (Å²) in [5.74, 6) is 0.525. The molecule has 0 saturated carbocycles. The summed E-state index contributed by atoms with van der Waals surface area (Å²) in [7, 11) is 0. The van der Waals surface area contributed by atoms with Crippen LogP contribution >= 0.6 is 0 Å². The predicted molar refractivity (Wildman–Crippen MR) is 100 cm³/mol. The molecule has 1 aliphatic heterocycles. The monoisotopic (exact) mass is 396 g/mol. The standard InChI is InChI=1S/C19H20N6O4/c1-12(17-23-22-15-6-2-3-9-24(15)17)20-16(26)8-7-14-18(27)25(19(28)21-14)11-13-5-4-10-29-13/h2-6,9-10,12,14H,7-8,11H2,1H3,(H,20,26)(H,21,28)/t12-,14-/m1/s1. The quantitative estimate of drug-likeness (QED) is 0.582. The summed E-state index contributed by atoms with van der Waals surface area (Å²) in [4.78, 5) is 38.0. The molecule has 1 fully saturated rings. The van der Waals surface area contributed by atoms with Crippen molar-refractivity contribution in [2.24, 2.45) is 0 Å². The minimum absolute atomic E-state index is 0.0668. The average molecular weight is 396 g/mol. The highest BCUT2D eigenvalue weighted by atomic mass is 16.3. The van der Waals surface area contributed by atoms with Crippen molar-refractivity contribution in [1.82, 2.24) is 30.1 Å². The number of carbonyl (C=O) groups is 3. The second-order valence-corrected chi connectivity index (χ2v) is 6.82. The Kier molecular flexibility index (Phi) is 4.98. The number of carbonyl (C=O) groups excluding carboxylic acids is 3. The van der Waals surface area contributed by atoms with Crippen LogP contribution in [0.2, 0.25) is 0 Å². The molecule has 29 heavy (non-hydrogen) atoms. The maximum absolute atomic E-state index is 12.5. The summed E-state index contributed by atoms with van der Waals surface area (Å²) in [6.45, 7) is 1.88. The Labute approximate surface area is 165 Å². The molecule has 1 saturated heterocycles. The van der Waals surface area contributed by atoms with Crippen molar-refractivity contribution in [3.05, 3.63) is 54.4 Å². The first-order valence-electron chi connectivity index (χ1n) is 9.26. The molecule has 4 heterocycles. The fourth-order valence-corrected chi connectivity index (χ4v) is 3.29. The van der Waals surface area contributed by atoms with Gasteiger partial charge in [0, 0.05) is 12.6 Å². The first-order chi connectivity index (χ1) is 14.0. The number of nitrogens with zero attached hydrogens (tertiary/aromatic N) is 4. The number of pyridine rings is 1. The Hall–Kier alpha value is -3.69. The number of amides is 4. The van der Waals surface area contributed by atoms with Gasteiger partial charge in [0.2, 0.25) is 5.91 Å². The second kappa shape index (κ2) is 7.74. The Morgan fingerprint density at radius 3 is 2.93 bits per heavy atom. The zero-order valence-electron chi connectivity index (χ0n) is 15.7. The molecule has 0 aromatic carbocycles. The van der Waals surface area contributed by atoms with Gasteiger partial charge in [0.05, 0.1) is 18.8 Å². The predicted octanol–water partition coefficient (Wildman–Crippen LogP) is 1.40. The topological polar surface area (TPSA) is 122 Å². The van der Waals surface area contributed by atoms with Crippen LogP contribution in [0.1, 0.15) is 37.4 Å². The zero-order chi connectivity index (χ0) is 20.4. The van der Waals surface area contributed by atoms with Gasteiger partial charge in [0.1, 0.15) is 11.8 Å². The van der Waals surface area contributed by atoms with Crippen LogP contribution in [-0.4, -0.2) is 43.4 Å². The average Bonchev–Trinajstić information content (AvgIpc) is 3.42. The fraction of sp³-hybridized carbons (Fsp3) is 0.316. The number of imide groups is 1. The molecule has 4 rings (SSSR count). The number of hydrogen-bond acceptors (Lipinski definition) is 6. The molecular weight excluding hydrogens is 376 g/mol. The van der Waals surface area contributed by atoms with E-state index in [4.69, 9.17) is 4.42 Å². The summed E-state index contributed by atoms with van der Waals surface area (Å²) in [5.41, 5.74) is 0.694. The van der Waals surface area contributed by atoms with Gasteiger partial charge >= 0.3 is 6.03 Å². The molecule has 150 valence electrons. The van der Waals surface area contributed by atoms with Gasteiger partial charge in [-0.25, -0.2) is 4.79 Å². The second-order valence-electron chi connectivity index (χ2n) is 6.82. The van der Waals surface area contributed by atoms with Crippen molar-refractivity contribution >= 4 is 23.5 Å². The maximum Gasteiger partial charge on any atom is 0.325 e. The van der Waals surface area contributed by atoms with Crippen molar-refractivity contribution < 1.29 is 18.8 Å². The highest BCUT2D eigenvalue weighted by Crippen LogP contribution is 2.16.